The van der Waals surface area contributed by atoms with Crippen molar-refractivity contribution in [2.24, 2.45) is 0 Å². The quantitative estimate of drug-likeness (QED) is 0.738. The van der Waals surface area contributed by atoms with Gasteiger partial charge in [-0.1, -0.05) is 28.1 Å². The molecule has 0 saturated heterocycles. The first-order chi connectivity index (χ1) is 8.54. The van der Waals surface area contributed by atoms with Gasteiger partial charge >= 0.3 is 0 Å². The van der Waals surface area contributed by atoms with Gasteiger partial charge in [0.1, 0.15) is 5.41 Å². The highest BCUT2D eigenvalue weighted by molar-refractivity contribution is 9.10. The summed E-state index contributed by atoms with van der Waals surface area (Å²) in [6.45, 7) is 0. The second-order valence-electron chi connectivity index (χ2n) is 4.46. The molecule has 0 N–H and O–H groups in total. The SMILES string of the molecule is CN1C(=O)C2(C=CC(=O)C=C2)c2cc(Br)ccc21. The Morgan fingerprint density at radius 2 is 1.83 bits per heavy atom. The van der Waals surface area contributed by atoms with Crippen LogP contribution in [0.5, 0.6) is 0 Å². The van der Waals surface area contributed by atoms with E-state index < -0.39 is 5.41 Å². The molecule has 3 nitrogen and oxygen atoms in total. The van der Waals surface area contributed by atoms with Gasteiger partial charge < -0.3 is 4.90 Å². The van der Waals surface area contributed by atoms with Crippen molar-refractivity contribution in [2.75, 3.05) is 11.9 Å². The number of carbonyl (C=O) groups excluding carboxylic acids is 2. The largest absolute Gasteiger partial charge is 0.314 e. The number of rotatable bonds is 0. The van der Waals surface area contributed by atoms with Crippen LogP contribution in [0.2, 0.25) is 0 Å². The number of benzene rings is 1. The first-order valence-corrected chi connectivity index (χ1v) is 6.34. The molecule has 0 unspecified atom stereocenters. The Morgan fingerprint density at radius 1 is 1.17 bits per heavy atom. The minimum absolute atomic E-state index is 0.0319. The Bertz CT molecular complexity index is 615. The van der Waals surface area contributed by atoms with Crippen LogP contribution in [-0.2, 0) is 15.0 Å². The van der Waals surface area contributed by atoms with Crippen LogP contribution in [0.3, 0.4) is 0 Å². The van der Waals surface area contributed by atoms with Gasteiger partial charge in [0.05, 0.1) is 0 Å². The lowest BCUT2D eigenvalue weighted by molar-refractivity contribution is -0.120. The monoisotopic (exact) mass is 303 g/mol. The van der Waals surface area contributed by atoms with Gasteiger partial charge in [-0.2, -0.15) is 0 Å². The van der Waals surface area contributed by atoms with Gasteiger partial charge in [0.2, 0.25) is 5.91 Å². The molecule has 2 aliphatic rings. The van der Waals surface area contributed by atoms with E-state index in [1.54, 1.807) is 24.1 Å². The average Bonchev–Trinajstić information content (AvgIpc) is 2.56. The molecule has 1 amide bonds. The summed E-state index contributed by atoms with van der Waals surface area (Å²) in [7, 11) is 1.75. The van der Waals surface area contributed by atoms with Crippen LogP contribution in [0.4, 0.5) is 5.69 Å². The summed E-state index contributed by atoms with van der Waals surface area (Å²) in [5.74, 6) is -0.116. The molecule has 0 bridgehead atoms. The molecule has 1 aliphatic heterocycles. The molecule has 1 spiro atoms. The van der Waals surface area contributed by atoms with Gasteiger partial charge in [-0.3, -0.25) is 9.59 Å². The molecule has 3 rings (SSSR count). The summed E-state index contributed by atoms with van der Waals surface area (Å²) in [5, 5.41) is 0. The first-order valence-electron chi connectivity index (χ1n) is 5.55. The van der Waals surface area contributed by atoms with Crippen molar-refractivity contribution in [1.82, 2.24) is 0 Å². The smallest absolute Gasteiger partial charge is 0.245 e. The van der Waals surface area contributed by atoms with Crippen LogP contribution >= 0.6 is 15.9 Å². The fraction of sp³-hybridized carbons (Fsp3) is 0.143. The molecule has 1 aromatic carbocycles. The summed E-state index contributed by atoms with van der Waals surface area (Å²) in [6.07, 6.45) is 6.29. The summed E-state index contributed by atoms with van der Waals surface area (Å²) in [4.78, 5) is 25.3. The maximum absolute atomic E-state index is 12.5. The molecule has 0 fully saturated rings. The van der Waals surface area contributed by atoms with Crippen LogP contribution in [0.25, 0.3) is 0 Å². The topological polar surface area (TPSA) is 37.4 Å². The normalized spacial score (nSPS) is 19.8. The number of amides is 1. The fourth-order valence-electron chi connectivity index (χ4n) is 2.49. The van der Waals surface area contributed by atoms with Crippen molar-refractivity contribution in [3.63, 3.8) is 0 Å². The number of fused-ring (bicyclic) bond motifs is 2. The number of hydrogen-bond acceptors (Lipinski definition) is 2. The van der Waals surface area contributed by atoms with Gasteiger partial charge in [-0.05, 0) is 30.4 Å². The van der Waals surface area contributed by atoms with Crippen molar-refractivity contribution < 1.29 is 9.59 Å². The number of halogens is 1. The predicted molar refractivity (Wildman–Crippen MR) is 72.5 cm³/mol. The molecule has 0 aromatic heterocycles. The van der Waals surface area contributed by atoms with Gasteiger partial charge in [-0.25, -0.2) is 0 Å². The van der Waals surface area contributed by atoms with Gasteiger partial charge in [0.25, 0.3) is 0 Å². The van der Waals surface area contributed by atoms with Crippen LogP contribution in [0.1, 0.15) is 5.56 Å². The van der Waals surface area contributed by atoms with E-state index in [0.717, 1.165) is 15.7 Å². The van der Waals surface area contributed by atoms with E-state index in [1.807, 2.05) is 18.2 Å². The molecular formula is C14H10BrNO2. The highest BCUT2D eigenvalue weighted by atomic mass is 79.9. The summed E-state index contributed by atoms with van der Waals surface area (Å²) in [5.41, 5.74) is 0.970. The third-order valence-electron chi connectivity index (χ3n) is 3.45. The molecule has 0 atom stereocenters. The number of hydrogen-bond donors (Lipinski definition) is 0. The molecule has 90 valence electrons. The average molecular weight is 304 g/mol. The van der Waals surface area contributed by atoms with Crippen molar-refractivity contribution in [3.05, 3.63) is 52.5 Å². The molecular weight excluding hydrogens is 294 g/mol. The van der Waals surface area contributed by atoms with E-state index in [-0.39, 0.29) is 11.7 Å². The number of ketones is 1. The van der Waals surface area contributed by atoms with Gasteiger partial charge in [0.15, 0.2) is 5.78 Å². The standard InChI is InChI=1S/C14H10BrNO2/c1-16-12-3-2-9(15)8-11(12)14(13(16)18)6-4-10(17)5-7-14/h2-8H,1H3. The summed E-state index contributed by atoms with van der Waals surface area (Å²) < 4.78 is 0.919. The van der Waals surface area contributed by atoms with E-state index in [9.17, 15) is 9.59 Å². The third-order valence-corrected chi connectivity index (χ3v) is 3.94. The number of anilines is 1. The van der Waals surface area contributed by atoms with E-state index in [1.165, 1.54) is 12.2 Å². The minimum Gasteiger partial charge on any atom is -0.314 e. The highest BCUT2D eigenvalue weighted by Gasteiger charge is 2.47. The fourth-order valence-corrected chi connectivity index (χ4v) is 2.86. The second kappa shape index (κ2) is 3.65. The van der Waals surface area contributed by atoms with Crippen molar-refractivity contribution in [3.8, 4) is 0 Å². The van der Waals surface area contributed by atoms with E-state index >= 15 is 0 Å². The predicted octanol–water partition coefficient (Wildman–Crippen LogP) is 2.36. The minimum atomic E-state index is -0.818. The van der Waals surface area contributed by atoms with Crippen LogP contribution in [-0.4, -0.2) is 18.7 Å². The number of nitrogens with zero attached hydrogens (tertiary/aromatic N) is 1. The van der Waals surface area contributed by atoms with E-state index in [0.29, 0.717) is 0 Å². The van der Waals surface area contributed by atoms with Crippen LogP contribution < -0.4 is 4.90 Å². The molecule has 0 saturated carbocycles. The Morgan fingerprint density at radius 3 is 2.50 bits per heavy atom. The maximum Gasteiger partial charge on any atom is 0.245 e. The molecule has 4 heteroatoms. The maximum atomic E-state index is 12.5. The number of likely N-dealkylation sites (N-methyl/N-ethyl adjacent to an activating group) is 1. The zero-order valence-electron chi connectivity index (χ0n) is 9.68. The Balaban J connectivity index is 2.27. The summed E-state index contributed by atoms with van der Waals surface area (Å²) >= 11 is 3.42. The Labute approximate surface area is 113 Å². The van der Waals surface area contributed by atoms with Crippen LogP contribution in [0, 0.1) is 0 Å². The molecule has 1 heterocycles. The molecule has 0 radical (unpaired) electrons. The molecule has 1 aliphatic carbocycles. The molecule has 1 aromatic rings. The third kappa shape index (κ3) is 1.35. The first kappa shape index (κ1) is 11.4. The zero-order valence-corrected chi connectivity index (χ0v) is 11.3. The van der Waals surface area contributed by atoms with Crippen LogP contribution in [0.15, 0.2) is 47.0 Å². The lowest BCUT2D eigenvalue weighted by Gasteiger charge is -2.22. The van der Waals surface area contributed by atoms with Gasteiger partial charge in [0, 0.05) is 22.8 Å². The van der Waals surface area contributed by atoms with Crippen molar-refractivity contribution in [2.45, 2.75) is 5.41 Å². The lowest BCUT2D eigenvalue weighted by atomic mass is 9.78. The van der Waals surface area contributed by atoms with Gasteiger partial charge in [-0.15, -0.1) is 0 Å². The second-order valence-corrected chi connectivity index (χ2v) is 5.38. The number of carbonyl (C=O) groups is 2. The van der Waals surface area contributed by atoms with Crippen molar-refractivity contribution >= 4 is 33.3 Å². The van der Waals surface area contributed by atoms with Crippen molar-refractivity contribution in [1.29, 1.82) is 0 Å². The molecule has 18 heavy (non-hydrogen) atoms. The summed E-state index contributed by atoms with van der Waals surface area (Å²) in [6, 6.07) is 5.74. The Kier molecular flexibility index (Phi) is 2.32. The van der Waals surface area contributed by atoms with E-state index in [4.69, 9.17) is 0 Å². The zero-order chi connectivity index (χ0) is 12.9. The number of allylic oxidation sites excluding steroid dienone is 2. The lowest BCUT2D eigenvalue weighted by Crippen LogP contribution is -2.36. The Hall–Kier alpha value is -1.68. The van der Waals surface area contributed by atoms with E-state index in [2.05, 4.69) is 15.9 Å². The highest BCUT2D eigenvalue weighted by Crippen LogP contribution is 2.45.